The molecule has 0 amide bonds. The Kier molecular flexibility index (Phi) is 13.1. The van der Waals surface area contributed by atoms with Crippen LogP contribution in [0.1, 0.15) is 83.2 Å². The van der Waals surface area contributed by atoms with E-state index in [-0.39, 0.29) is 31.9 Å². The van der Waals surface area contributed by atoms with Gasteiger partial charge in [0.15, 0.2) is 0 Å². The predicted molar refractivity (Wildman–Crippen MR) is 300 cm³/mol. The van der Waals surface area contributed by atoms with Gasteiger partial charge in [-0.3, -0.25) is 0 Å². The third-order valence-electron chi connectivity index (χ3n) is 14.1. The van der Waals surface area contributed by atoms with Crippen molar-refractivity contribution in [2.45, 2.75) is 71.6 Å². The van der Waals surface area contributed by atoms with Gasteiger partial charge in [-0.05, 0) is 103 Å². The van der Waals surface area contributed by atoms with Crippen molar-refractivity contribution in [3.8, 4) is 39.6 Å². The zero-order valence-electron chi connectivity index (χ0n) is 42.7. The van der Waals surface area contributed by atoms with Gasteiger partial charge in [-0.1, -0.05) is 200 Å². The molecule has 1 aliphatic rings. The van der Waals surface area contributed by atoms with Crippen molar-refractivity contribution < 1.29 is 25.8 Å². The molecule has 10 aromatic rings. The van der Waals surface area contributed by atoms with E-state index in [0.29, 0.717) is 11.5 Å². The average molecular weight is 1130 g/mol. The molecule has 3 heterocycles. The Morgan fingerprint density at radius 2 is 1.11 bits per heavy atom. The van der Waals surface area contributed by atoms with E-state index in [1.165, 1.54) is 33.4 Å². The fourth-order valence-corrected chi connectivity index (χ4v) is 9.81. The molecule has 73 heavy (non-hydrogen) atoms. The van der Waals surface area contributed by atoms with Crippen molar-refractivity contribution in [2.24, 2.45) is 0 Å². The summed E-state index contributed by atoms with van der Waals surface area (Å²) in [4.78, 5) is 9.49. The van der Waals surface area contributed by atoms with Crippen molar-refractivity contribution >= 4 is 38.9 Å². The molecule has 0 N–H and O–H groups in total. The van der Waals surface area contributed by atoms with Crippen LogP contribution in [-0.4, -0.2) is 9.55 Å². The summed E-state index contributed by atoms with van der Waals surface area (Å²) in [6.45, 7) is 20.3. The maximum atomic E-state index is 7.07. The smallest absolute Gasteiger partial charge is 0.135 e. The minimum atomic E-state index is -0.398. The summed E-state index contributed by atoms with van der Waals surface area (Å²) < 4.78 is 9.30. The van der Waals surface area contributed by atoms with E-state index in [2.05, 4.69) is 283 Å². The first kappa shape index (κ1) is 49.1. The van der Waals surface area contributed by atoms with Gasteiger partial charge < -0.3 is 19.1 Å². The van der Waals surface area contributed by atoms with Gasteiger partial charge >= 0.3 is 0 Å². The summed E-state index contributed by atoms with van der Waals surface area (Å²) in [5.74, 6) is 2.00. The average Bonchev–Trinajstić information content (AvgIpc) is 3.99. The van der Waals surface area contributed by atoms with E-state index < -0.39 is 5.41 Å². The van der Waals surface area contributed by atoms with Crippen molar-refractivity contribution in [1.29, 1.82) is 0 Å². The number of fused-ring (bicyclic) bond motifs is 3. The number of hydrogen-bond donors (Lipinski definition) is 0. The number of hydrogen-bond acceptors (Lipinski definition) is 4. The quantitative estimate of drug-likeness (QED) is 0.128. The van der Waals surface area contributed by atoms with Crippen LogP contribution < -0.4 is 14.5 Å². The minimum Gasteiger partial charge on any atom is -0.509 e. The molecule has 2 aromatic heterocycles. The van der Waals surface area contributed by atoms with Crippen molar-refractivity contribution in [3.05, 3.63) is 253 Å². The van der Waals surface area contributed by atoms with Crippen LogP contribution in [0.3, 0.4) is 0 Å². The third-order valence-corrected chi connectivity index (χ3v) is 14.1. The van der Waals surface area contributed by atoms with Gasteiger partial charge in [0.2, 0.25) is 0 Å². The van der Waals surface area contributed by atoms with Gasteiger partial charge in [0.05, 0.1) is 0 Å². The molecule has 0 saturated heterocycles. The second-order valence-corrected chi connectivity index (χ2v) is 21.5. The number of pyridine rings is 1. The molecule has 0 bridgehead atoms. The van der Waals surface area contributed by atoms with Crippen LogP contribution in [0, 0.1) is 18.8 Å². The van der Waals surface area contributed by atoms with Crippen LogP contribution in [0.4, 0.5) is 11.4 Å². The van der Waals surface area contributed by atoms with Crippen molar-refractivity contribution in [3.63, 3.8) is 0 Å². The van der Waals surface area contributed by atoms with Gasteiger partial charge in [-0.15, -0.1) is 53.6 Å². The molecule has 8 aromatic carbocycles. The first-order valence-corrected chi connectivity index (χ1v) is 24.9. The Morgan fingerprint density at radius 1 is 0.479 bits per heavy atom. The standard InChI is InChI=1S/C67H59N4O.Pt/c1-65(2,3)52-33-34-68-64(41-52)71-61-32-29-49(46-21-13-9-14-22-46)37-60(61)59-31-30-57(43-62(59)71)72-58-40-54(67(7,8)51-27-19-12-20-28-51)39-56(42-58)70-45-69(44-63(70)48-25-17-11-18-26-48)55-36-50(47-23-15-10-16-24-47)35-53(38-55)66(4,5)6;/h9-41,44-45H,1-8H3;/q-3;. The van der Waals surface area contributed by atoms with Crippen LogP contribution in [-0.2, 0) is 37.3 Å². The number of anilines is 2. The number of nitrogens with zero attached hydrogens (tertiary/aromatic N) is 4. The topological polar surface area (TPSA) is 33.5 Å². The largest absolute Gasteiger partial charge is 0.509 e. The summed E-state index contributed by atoms with van der Waals surface area (Å²) in [5.41, 5.74) is 14.9. The number of rotatable bonds is 10. The first-order valence-electron chi connectivity index (χ1n) is 24.9. The van der Waals surface area contributed by atoms with Crippen molar-refractivity contribution in [2.75, 3.05) is 9.80 Å². The molecule has 11 rings (SSSR count). The van der Waals surface area contributed by atoms with E-state index in [9.17, 15) is 0 Å². The Bertz CT molecular complexity index is 3620. The Labute approximate surface area is 445 Å². The molecule has 0 unspecified atom stereocenters. The predicted octanol–water partition coefficient (Wildman–Crippen LogP) is 17.3. The maximum Gasteiger partial charge on any atom is 0.135 e. The number of aromatic nitrogens is 2. The zero-order chi connectivity index (χ0) is 49.8. The van der Waals surface area contributed by atoms with Gasteiger partial charge in [-0.2, -0.15) is 6.07 Å². The molecular formula is C67H59N4OPt-3. The van der Waals surface area contributed by atoms with Crippen molar-refractivity contribution in [1.82, 2.24) is 9.55 Å². The molecule has 0 aliphatic carbocycles. The van der Waals surface area contributed by atoms with Crippen LogP contribution in [0.5, 0.6) is 11.5 Å². The third kappa shape index (κ3) is 9.79. The summed E-state index contributed by atoms with van der Waals surface area (Å²) in [7, 11) is 0. The monoisotopic (exact) mass is 1130 g/mol. The first-order chi connectivity index (χ1) is 34.7. The molecule has 5 nitrogen and oxygen atoms in total. The normalized spacial score (nSPS) is 13.1. The van der Waals surface area contributed by atoms with Gasteiger partial charge in [0, 0.05) is 55.7 Å². The van der Waals surface area contributed by atoms with E-state index in [1.807, 2.05) is 12.3 Å². The summed E-state index contributed by atoms with van der Waals surface area (Å²) in [6, 6.07) is 76.6. The number of ether oxygens (including phenoxy) is 1. The van der Waals surface area contributed by atoms with Crippen LogP contribution in [0.15, 0.2) is 207 Å². The van der Waals surface area contributed by atoms with Crippen LogP contribution in [0.2, 0.25) is 0 Å². The second kappa shape index (κ2) is 19.5. The summed E-state index contributed by atoms with van der Waals surface area (Å²) >= 11 is 0. The molecule has 366 valence electrons. The van der Waals surface area contributed by atoms with E-state index in [4.69, 9.17) is 9.72 Å². The molecule has 0 saturated carbocycles. The SMILES string of the molecule is CC(C)(C)c1cc(-c2ccccc2)cc(N2C=C(c3ccccc3)N(c3[c-]c(Oc4[c-]c5c(cc4)c4cc(-c6ccccc6)ccc4n5-c4cc(C(C)(C)C)ccn4)cc(C(C)(C)c4ccccc4)c3)[CH-]2)c1.[Pt]. The molecule has 0 spiro atoms. The Morgan fingerprint density at radius 3 is 1.77 bits per heavy atom. The van der Waals surface area contributed by atoms with E-state index in [1.54, 1.807) is 0 Å². The molecule has 0 atom stereocenters. The number of benzene rings is 8. The molecule has 1 aliphatic heterocycles. The second-order valence-electron chi connectivity index (χ2n) is 21.5. The molecule has 0 fully saturated rings. The van der Waals surface area contributed by atoms with Gasteiger partial charge in [0.25, 0.3) is 0 Å². The zero-order valence-corrected chi connectivity index (χ0v) is 45.0. The molecule has 0 radical (unpaired) electrons. The van der Waals surface area contributed by atoms with Gasteiger partial charge in [-0.25, -0.2) is 4.98 Å². The van der Waals surface area contributed by atoms with E-state index >= 15 is 0 Å². The summed E-state index contributed by atoms with van der Waals surface area (Å²) in [6.07, 6.45) is 4.16. The van der Waals surface area contributed by atoms with Crippen LogP contribution >= 0.6 is 0 Å². The fourth-order valence-electron chi connectivity index (χ4n) is 9.81. The Balaban J connectivity index is 0.00000611. The fraction of sp³-hybridized carbons (Fsp3) is 0.164. The van der Waals surface area contributed by atoms with Crippen LogP contribution in [0.25, 0.3) is 55.6 Å². The molecule has 6 heteroatoms. The van der Waals surface area contributed by atoms with E-state index in [0.717, 1.165) is 61.4 Å². The Hall–Kier alpha value is -7.46. The minimum absolute atomic E-state index is 0. The summed E-state index contributed by atoms with van der Waals surface area (Å²) in [5, 5.41) is 2.19. The van der Waals surface area contributed by atoms with Gasteiger partial charge in [0.1, 0.15) is 5.82 Å². The maximum absolute atomic E-state index is 7.07. The molecular weight excluding hydrogens is 1070 g/mol.